The maximum absolute atomic E-state index is 13.2. The number of hydrazine groups is 1. The molecule has 0 aromatic heterocycles. The fraction of sp³-hybridized carbons (Fsp3) is 0.400. The van der Waals surface area contributed by atoms with Crippen LogP contribution < -0.4 is 11.3 Å². The Balaban J connectivity index is 2.76. The molecule has 0 aliphatic heterocycles. The van der Waals surface area contributed by atoms with E-state index in [0.29, 0.717) is 5.56 Å². The van der Waals surface area contributed by atoms with E-state index in [1.807, 2.05) is 0 Å². The number of hydrogen-bond acceptors (Lipinski definition) is 2. The lowest BCUT2D eigenvalue weighted by molar-refractivity contribution is -0.136. The summed E-state index contributed by atoms with van der Waals surface area (Å²) < 4.78 is 49.7. The highest BCUT2D eigenvalue weighted by atomic mass is 79.9. The Morgan fingerprint density at radius 1 is 1.35 bits per heavy atom. The first-order valence-corrected chi connectivity index (χ1v) is 5.60. The molecular formula is C10H11BrF4N2. The van der Waals surface area contributed by atoms with Gasteiger partial charge in [-0.05, 0) is 40.0 Å². The summed E-state index contributed by atoms with van der Waals surface area (Å²) in [6, 6.07) is 3.39. The van der Waals surface area contributed by atoms with E-state index in [2.05, 4.69) is 21.4 Å². The van der Waals surface area contributed by atoms with Crippen LogP contribution >= 0.6 is 15.9 Å². The molecule has 1 aromatic rings. The van der Waals surface area contributed by atoms with Gasteiger partial charge in [-0.1, -0.05) is 6.07 Å². The summed E-state index contributed by atoms with van der Waals surface area (Å²) in [6.45, 7) is 0. The molecule has 0 saturated heterocycles. The minimum absolute atomic E-state index is 0.235. The van der Waals surface area contributed by atoms with Gasteiger partial charge in [0.2, 0.25) is 0 Å². The lowest BCUT2D eigenvalue weighted by Gasteiger charge is -2.17. The van der Waals surface area contributed by atoms with E-state index < -0.39 is 24.5 Å². The van der Waals surface area contributed by atoms with E-state index in [1.165, 1.54) is 12.1 Å². The van der Waals surface area contributed by atoms with Gasteiger partial charge in [-0.15, -0.1) is 0 Å². The van der Waals surface area contributed by atoms with Crippen molar-refractivity contribution in [1.29, 1.82) is 0 Å². The van der Waals surface area contributed by atoms with Crippen LogP contribution in [0.5, 0.6) is 0 Å². The number of nitrogens with two attached hydrogens (primary N) is 1. The fourth-order valence-electron chi connectivity index (χ4n) is 1.38. The number of alkyl halides is 3. The van der Waals surface area contributed by atoms with Gasteiger partial charge in [-0.25, -0.2) is 4.39 Å². The summed E-state index contributed by atoms with van der Waals surface area (Å²) in [5, 5.41) is 0. The number of rotatable bonds is 4. The number of hydrogen-bond donors (Lipinski definition) is 2. The molecule has 1 unspecified atom stereocenters. The minimum atomic E-state index is -4.25. The van der Waals surface area contributed by atoms with E-state index in [1.54, 1.807) is 0 Å². The van der Waals surface area contributed by atoms with Crippen LogP contribution in [0.3, 0.4) is 0 Å². The standard InChI is InChI=1S/C10H11BrF4N2/c11-7-2-1-6(5-8(7)12)9(17-16)3-4-10(13,14)15/h1-2,5,9,17H,3-4,16H2. The third-order valence-corrected chi connectivity index (χ3v) is 2.91. The molecule has 96 valence electrons. The Hall–Kier alpha value is -0.660. The van der Waals surface area contributed by atoms with Gasteiger partial charge >= 0.3 is 6.18 Å². The first-order chi connectivity index (χ1) is 7.83. The molecule has 7 heteroatoms. The molecule has 3 N–H and O–H groups in total. The summed E-state index contributed by atoms with van der Waals surface area (Å²) in [5.41, 5.74) is 2.64. The Labute approximate surface area is 104 Å². The maximum Gasteiger partial charge on any atom is 0.389 e. The molecule has 0 heterocycles. The van der Waals surface area contributed by atoms with Crippen molar-refractivity contribution < 1.29 is 17.6 Å². The van der Waals surface area contributed by atoms with Gasteiger partial charge in [0.05, 0.1) is 4.47 Å². The van der Waals surface area contributed by atoms with Crippen LogP contribution in [0.2, 0.25) is 0 Å². The normalized spacial score (nSPS) is 13.8. The molecule has 1 rings (SSSR count). The molecule has 0 radical (unpaired) electrons. The third kappa shape index (κ3) is 4.61. The Kier molecular flexibility index (Phi) is 4.91. The lowest BCUT2D eigenvalue weighted by Crippen LogP contribution is -2.29. The predicted molar refractivity (Wildman–Crippen MR) is 59.5 cm³/mol. The maximum atomic E-state index is 13.2. The number of halogens is 5. The van der Waals surface area contributed by atoms with Crippen molar-refractivity contribution >= 4 is 15.9 Å². The number of benzene rings is 1. The quantitative estimate of drug-likeness (QED) is 0.507. The summed E-state index contributed by atoms with van der Waals surface area (Å²) in [6.07, 6.45) is -5.45. The second-order valence-corrected chi connectivity index (χ2v) is 4.40. The smallest absolute Gasteiger partial charge is 0.271 e. The molecule has 0 aliphatic carbocycles. The highest BCUT2D eigenvalue weighted by Gasteiger charge is 2.28. The van der Waals surface area contributed by atoms with Gasteiger partial charge in [-0.2, -0.15) is 13.2 Å². The first kappa shape index (κ1) is 14.4. The third-order valence-electron chi connectivity index (χ3n) is 2.26. The summed E-state index contributed by atoms with van der Waals surface area (Å²) in [5.74, 6) is 4.64. The average Bonchev–Trinajstić information content (AvgIpc) is 2.22. The van der Waals surface area contributed by atoms with Crippen LogP contribution in [0.1, 0.15) is 24.4 Å². The summed E-state index contributed by atoms with van der Waals surface area (Å²) >= 11 is 2.96. The topological polar surface area (TPSA) is 38.0 Å². The van der Waals surface area contributed by atoms with Crippen molar-refractivity contribution in [2.45, 2.75) is 25.1 Å². The molecule has 1 aromatic carbocycles. The highest BCUT2D eigenvalue weighted by molar-refractivity contribution is 9.10. The molecule has 0 bridgehead atoms. The second kappa shape index (κ2) is 5.79. The zero-order chi connectivity index (χ0) is 13.1. The Bertz CT molecular complexity index is 381. The van der Waals surface area contributed by atoms with E-state index >= 15 is 0 Å². The van der Waals surface area contributed by atoms with Crippen LogP contribution in [0.25, 0.3) is 0 Å². The van der Waals surface area contributed by atoms with E-state index in [0.717, 1.165) is 6.07 Å². The molecule has 1 atom stereocenters. The van der Waals surface area contributed by atoms with Gasteiger partial charge in [0.25, 0.3) is 0 Å². The first-order valence-electron chi connectivity index (χ1n) is 4.81. The molecule has 0 aliphatic rings. The van der Waals surface area contributed by atoms with E-state index in [-0.39, 0.29) is 10.9 Å². The zero-order valence-corrected chi connectivity index (χ0v) is 10.3. The van der Waals surface area contributed by atoms with E-state index in [4.69, 9.17) is 5.84 Å². The molecule has 0 fully saturated rings. The predicted octanol–water partition coefficient (Wildman–Crippen LogP) is 3.44. The molecule has 0 spiro atoms. The Morgan fingerprint density at radius 2 is 2.00 bits per heavy atom. The van der Waals surface area contributed by atoms with Crippen molar-refractivity contribution in [2.75, 3.05) is 0 Å². The molecular weight excluding hydrogens is 304 g/mol. The molecule has 0 amide bonds. The van der Waals surface area contributed by atoms with Gasteiger partial charge < -0.3 is 0 Å². The van der Waals surface area contributed by atoms with Crippen LogP contribution in [0, 0.1) is 5.82 Å². The average molecular weight is 315 g/mol. The van der Waals surface area contributed by atoms with Crippen LogP contribution in [-0.4, -0.2) is 6.18 Å². The largest absolute Gasteiger partial charge is 0.389 e. The summed E-state index contributed by atoms with van der Waals surface area (Å²) in [4.78, 5) is 0. The Morgan fingerprint density at radius 3 is 2.47 bits per heavy atom. The van der Waals surface area contributed by atoms with Gasteiger partial charge in [0.15, 0.2) is 0 Å². The highest BCUT2D eigenvalue weighted by Crippen LogP contribution is 2.28. The fourth-order valence-corrected chi connectivity index (χ4v) is 1.63. The van der Waals surface area contributed by atoms with E-state index in [9.17, 15) is 17.6 Å². The number of nitrogens with one attached hydrogen (secondary N) is 1. The van der Waals surface area contributed by atoms with Crippen molar-refractivity contribution in [2.24, 2.45) is 5.84 Å². The lowest BCUT2D eigenvalue weighted by atomic mass is 10.0. The van der Waals surface area contributed by atoms with Crippen molar-refractivity contribution in [1.82, 2.24) is 5.43 Å². The zero-order valence-electron chi connectivity index (χ0n) is 8.69. The van der Waals surface area contributed by atoms with Crippen LogP contribution in [0.15, 0.2) is 22.7 Å². The van der Waals surface area contributed by atoms with Crippen LogP contribution in [0.4, 0.5) is 17.6 Å². The van der Waals surface area contributed by atoms with Crippen LogP contribution in [-0.2, 0) is 0 Å². The molecule has 2 nitrogen and oxygen atoms in total. The van der Waals surface area contributed by atoms with Crippen molar-refractivity contribution in [3.05, 3.63) is 34.1 Å². The minimum Gasteiger partial charge on any atom is -0.271 e. The van der Waals surface area contributed by atoms with Gasteiger partial charge in [0.1, 0.15) is 5.82 Å². The SMILES string of the molecule is NNC(CCC(F)(F)F)c1ccc(Br)c(F)c1. The second-order valence-electron chi connectivity index (χ2n) is 3.55. The monoisotopic (exact) mass is 314 g/mol. The molecule has 0 saturated carbocycles. The summed E-state index contributed by atoms with van der Waals surface area (Å²) in [7, 11) is 0. The van der Waals surface area contributed by atoms with Gasteiger partial charge in [-0.3, -0.25) is 11.3 Å². The van der Waals surface area contributed by atoms with Gasteiger partial charge in [0, 0.05) is 12.5 Å². The molecule has 17 heavy (non-hydrogen) atoms. The van der Waals surface area contributed by atoms with Crippen molar-refractivity contribution in [3.8, 4) is 0 Å². The van der Waals surface area contributed by atoms with Crippen molar-refractivity contribution in [3.63, 3.8) is 0 Å².